The van der Waals surface area contributed by atoms with Crippen molar-refractivity contribution in [3.05, 3.63) is 69.5 Å². The Kier molecular flexibility index (Phi) is 7.19. The summed E-state index contributed by atoms with van der Waals surface area (Å²) in [5, 5.41) is 1.99. The molecule has 0 bridgehead atoms. The first-order chi connectivity index (χ1) is 16.4. The fourth-order valence-corrected chi connectivity index (χ4v) is 5.61. The number of hydrogen-bond acceptors (Lipinski definition) is 4. The fourth-order valence-electron chi connectivity index (χ4n) is 4.46. The summed E-state index contributed by atoms with van der Waals surface area (Å²) in [6.07, 6.45) is 10.4. The summed E-state index contributed by atoms with van der Waals surface area (Å²) in [6.45, 7) is 10.3. The van der Waals surface area contributed by atoms with Crippen molar-refractivity contribution < 1.29 is 8.98 Å². The van der Waals surface area contributed by atoms with E-state index in [-0.39, 0.29) is 17.6 Å². The van der Waals surface area contributed by atoms with E-state index >= 15 is 0 Å². The quantitative estimate of drug-likeness (QED) is 0.166. The highest BCUT2D eigenvalue weighted by Crippen LogP contribution is 2.26. The standard InChI is InChI=1S/C29H31N2O2S/c1-6-20(4)17-21(5)31-25-11-9-10-12-27(25)34-28(31)16-14-23-18-22-13-15-24(30(7-2)8-3)19-26(22)33-29(23)32/h1,9-16,18-21H,7-8,17H2,2-5H3/q+1. The number of nitrogens with zero attached hydrogens (tertiary/aromatic N) is 2. The zero-order chi connectivity index (χ0) is 24.2. The number of fused-ring (bicyclic) bond motifs is 2. The Hall–Kier alpha value is -3.36. The van der Waals surface area contributed by atoms with Crippen molar-refractivity contribution >= 4 is 50.4 Å². The minimum absolute atomic E-state index is 0.187. The van der Waals surface area contributed by atoms with Crippen molar-refractivity contribution in [2.45, 2.75) is 40.2 Å². The van der Waals surface area contributed by atoms with Crippen molar-refractivity contribution in [3.8, 4) is 12.3 Å². The van der Waals surface area contributed by atoms with Gasteiger partial charge in [-0.2, -0.15) is 4.57 Å². The average molecular weight is 472 g/mol. The molecule has 0 aliphatic rings. The molecular formula is C29H31N2O2S+. The Balaban J connectivity index is 1.72. The summed E-state index contributed by atoms with van der Waals surface area (Å²) in [5.41, 5.74) is 3.06. The van der Waals surface area contributed by atoms with Gasteiger partial charge in [-0.05, 0) is 51.1 Å². The number of terminal acetylenes is 1. The van der Waals surface area contributed by atoms with Crippen LogP contribution in [0.15, 0.2) is 57.7 Å². The maximum Gasteiger partial charge on any atom is 0.343 e. The topological polar surface area (TPSA) is 37.3 Å². The zero-order valence-corrected chi connectivity index (χ0v) is 21.1. The van der Waals surface area contributed by atoms with E-state index in [0.717, 1.165) is 35.6 Å². The largest absolute Gasteiger partial charge is 0.422 e. The van der Waals surface area contributed by atoms with Gasteiger partial charge in [0, 0.05) is 54.7 Å². The van der Waals surface area contributed by atoms with Gasteiger partial charge in [0.15, 0.2) is 6.04 Å². The summed E-state index contributed by atoms with van der Waals surface area (Å²) in [4.78, 5) is 15.0. The number of rotatable bonds is 8. The molecule has 2 aromatic carbocycles. The van der Waals surface area contributed by atoms with Crippen molar-refractivity contribution in [1.29, 1.82) is 0 Å². The van der Waals surface area contributed by atoms with Gasteiger partial charge in [0.1, 0.15) is 10.3 Å². The van der Waals surface area contributed by atoms with Gasteiger partial charge in [0.05, 0.1) is 5.56 Å². The molecule has 2 unspecified atom stereocenters. The number of benzene rings is 2. The highest BCUT2D eigenvalue weighted by Gasteiger charge is 2.25. The lowest BCUT2D eigenvalue weighted by Gasteiger charge is -2.20. The zero-order valence-electron chi connectivity index (χ0n) is 20.2. The molecule has 0 radical (unpaired) electrons. The average Bonchev–Trinajstić information content (AvgIpc) is 3.21. The van der Waals surface area contributed by atoms with E-state index in [9.17, 15) is 4.79 Å². The summed E-state index contributed by atoms with van der Waals surface area (Å²) >= 11 is 1.71. The summed E-state index contributed by atoms with van der Waals surface area (Å²) in [5.74, 6) is 3.03. The predicted molar refractivity (Wildman–Crippen MR) is 144 cm³/mol. The first kappa shape index (κ1) is 23.8. The Bertz CT molecular complexity index is 1440. The van der Waals surface area contributed by atoms with E-state index in [1.807, 2.05) is 30.4 Å². The van der Waals surface area contributed by atoms with Gasteiger partial charge >= 0.3 is 5.63 Å². The van der Waals surface area contributed by atoms with Crippen LogP contribution in [-0.4, -0.2) is 13.1 Å². The molecule has 0 amide bonds. The van der Waals surface area contributed by atoms with Gasteiger partial charge < -0.3 is 9.32 Å². The summed E-state index contributed by atoms with van der Waals surface area (Å²) in [6, 6.07) is 16.6. The Labute approximate surface area is 205 Å². The minimum atomic E-state index is -0.331. The third-order valence-corrected chi connectivity index (χ3v) is 7.38. The van der Waals surface area contributed by atoms with Crippen molar-refractivity contribution in [2.75, 3.05) is 18.0 Å². The normalized spacial score (nSPS) is 13.4. The summed E-state index contributed by atoms with van der Waals surface area (Å²) < 4.78 is 9.23. The highest BCUT2D eigenvalue weighted by molar-refractivity contribution is 7.18. The maximum atomic E-state index is 12.8. The van der Waals surface area contributed by atoms with Crippen LogP contribution >= 0.6 is 11.3 Å². The van der Waals surface area contributed by atoms with Gasteiger partial charge in [-0.3, -0.25) is 0 Å². The lowest BCUT2D eigenvalue weighted by atomic mass is 10.0. The molecule has 0 saturated heterocycles. The number of hydrogen-bond donors (Lipinski definition) is 0. The van der Waals surface area contributed by atoms with E-state index in [1.54, 1.807) is 11.3 Å². The summed E-state index contributed by atoms with van der Waals surface area (Å²) in [7, 11) is 0. The number of thiazole rings is 1. The number of aromatic nitrogens is 1. The first-order valence-corrected chi connectivity index (χ1v) is 12.7. The molecule has 4 rings (SSSR count). The van der Waals surface area contributed by atoms with Crippen molar-refractivity contribution in [2.24, 2.45) is 5.92 Å². The van der Waals surface area contributed by atoms with E-state index in [4.69, 9.17) is 10.8 Å². The van der Waals surface area contributed by atoms with Crippen LogP contribution in [-0.2, 0) is 0 Å². The van der Waals surface area contributed by atoms with E-state index < -0.39 is 0 Å². The molecule has 34 heavy (non-hydrogen) atoms. The monoisotopic (exact) mass is 471 g/mol. The Morgan fingerprint density at radius 2 is 1.88 bits per heavy atom. The Morgan fingerprint density at radius 3 is 2.62 bits per heavy atom. The molecule has 174 valence electrons. The van der Waals surface area contributed by atoms with E-state index in [1.165, 1.54) is 10.2 Å². The van der Waals surface area contributed by atoms with Crippen LogP contribution in [0.4, 0.5) is 5.69 Å². The third-order valence-electron chi connectivity index (χ3n) is 6.28. The van der Waals surface area contributed by atoms with Crippen LogP contribution in [0.3, 0.4) is 0 Å². The molecule has 2 aromatic heterocycles. The van der Waals surface area contributed by atoms with Crippen molar-refractivity contribution in [3.63, 3.8) is 0 Å². The molecule has 4 aromatic rings. The molecule has 2 heterocycles. The van der Waals surface area contributed by atoms with Crippen LogP contribution in [0.2, 0.25) is 0 Å². The molecule has 4 nitrogen and oxygen atoms in total. The lowest BCUT2D eigenvalue weighted by molar-refractivity contribution is -0.693. The smallest absolute Gasteiger partial charge is 0.343 e. The molecule has 0 aliphatic carbocycles. The first-order valence-electron chi connectivity index (χ1n) is 11.8. The van der Waals surface area contributed by atoms with Gasteiger partial charge in [0.2, 0.25) is 5.52 Å². The van der Waals surface area contributed by atoms with Gasteiger partial charge in [-0.1, -0.05) is 30.4 Å². The van der Waals surface area contributed by atoms with Gasteiger partial charge in [-0.25, -0.2) is 4.79 Å². The van der Waals surface area contributed by atoms with E-state index in [0.29, 0.717) is 11.1 Å². The van der Waals surface area contributed by atoms with Gasteiger partial charge in [0.25, 0.3) is 5.01 Å². The fraction of sp³-hybridized carbons (Fsp3) is 0.310. The SMILES string of the molecule is C#CC(C)CC(C)[n+]1c(C=Cc2cc3ccc(N(CC)CC)cc3oc2=O)sc2ccccc21. The van der Waals surface area contributed by atoms with Crippen LogP contribution in [0.25, 0.3) is 33.3 Å². The number of para-hydroxylation sites is 1. The molecule has 0 N–H and O–H groups in total. The second-order valence-corrected chi connectivity index (χ2v) is 9.71. The van der Waals surface area contributed by atoms with Crippen molar-refractivity contribution in [1.82, 2.24) is 0 Å². The minimum Gasteiger partial charge on any atom is -0.422 e. The second kappa shape index (κ2) is 10.3. The van der Waals surface area contributed by atoms with Crippen LogP contribution in [0.5, 0.6) is 0 Å². The third kappa shape index (κ3) is 4.78. The van der Waals surface area contributed by atoms with Crippen LogP contribution in [0.1, 0.15) is 50.7 Å². The molecule has 0 spiro atoms. The highest BCUT2D eigenvalue weighted by atomic mass is 32.1. The molecule has 0 fully saturated rings. The maximum absolute atomic E-state index is 12.8. The van der Waals surface area contributed by atoms with Crippen LogP contribution in [0, 0.1) is 18.3 Å². The van der Waals surface area contributed by atoms with E-state index in [2.05, 4.69) is 73.4 Å². The molecular weight excluding hydrogens is 440 g/mol. The molecule has 5 heteroatoms. The molecule has 0 aliphatic heterocycles. The molecule has 0 saturated carbocycles. The Morgan fingerprint density at radius 1 is 1.12 bits per heavy atom. The lowest BCUT2D eigenvalue weighted by Crippen LogP contribution is -2.39. The van der Waals surface area contributed by atoms with Crippen LogP contribution < -0.4 is 15.1 Å². The second-order valence-electron chi connectivity index (χ2n) is 8.65. The predicted octanol–water partition coefficient (Wildman–Crippen LogP) is 6.53. The molecule has 2 atom stereocenters. The van der Waals surface area contributed by atoms with Gasteiger partial charge in [-0.15, -0.1) is 12.3 Å². The number of anilines is 1.